The zero-order chi connectivity index (χ0) is 25.0. The number of rotatable bonds is 6. The monoisotopic (exact) mass is 489 g/mol. The molecule has 1 saturated heterocycles. The number of aromatic hydroxyl groups is 1. The number of nitrogens with zero attached hydrogens (tertiary/aromatic N) is 2. The number of amides is 2. The Morgan fingerprint density at radius 3 is 2.57 bits per heavy atom. The van der Waals surface area contributed by atoms with Crippen molar-refractivity contribution in [2.75, 3.05) is 19.6 Å². The summed E-state index contributed by atoms with van der Waals surface area (Å²) < 4.78 is 49.4. The average Bonchev–Trinajstić information content (AvgIpc) is 3.33. The van der Waals surface area contributed by atoms with Crippen LogP contribution in [0.5, 0.6) is 11.5 Å². The number of likely N-dealkylation sites (tertiary alicyclic amines) is 1. The van der Waals surface area contributed by atoms with Gasteiger partial charge < -0.3 is 24.6 Å². The summed E-state index contributed by atoms with van der Waals surface area (Å²) >= 11 is 0. The van der Waals surface area contributed by atoms with Crippen LogP contribution in [0.15, 0.2) is 59.1 Å². The first-order valence-corrected chi connectivity index (χ1v) is 10.9. The van der Waals surface area contributed by atoms with E-state index in [0.717, 1.165) is 12.1 Å². The van der Waals surface area contributed by atoms with Crippen molar-refractivity contribution in [2.24, 2.45) is 0 Å². The highest BCUT2D eigenvalue weighted by molar-refractivity contribution is 5.95. The molecule has 0 spiro atoms. The molecule has 0 bridgehead atoms. The molecule has 4 rings (SSSR count). The molecule has 3 aromatic rings. The first-order chi connectivity index (χ1) is 16.7. The van der Waals surface area contributed by atoms with Gasteiger partial charge in [-0.25, -0.2) is 0 Å². The van der Waals surface area contributed by atoms with Gasteiger partial charge in [-0.3, -0.25) is 9.59 Å². The summed E-state index contributed by atoms with van der Waals surface area (Å²) in [6.45, 7) is 0.441. The van der Waals surface area contributed by atoms with Gasteiger partial charge in [-0.15, -0.1) is 0 Å². The van der Waals surface area contributed by atoms with Crippen LogP contribution < -0.4 is 10.1 Å². The predicted molar refractivity (Wildman–Crippen MR) is 118 cm³/mol. The second kappa shape index (κ2) is 10.1. The summed E-state index contributed by atoms with van der Waals surface area (Å²) in [6.07, 6.45) is -3.87. The largest absolute Gasteiger partial charge is 0.507 e. The SMILES string of the molecule is O=C(NCC(=O)N1CCC(Oc2cccc(C(F)(F)F)c2)CC1)c1cc(-c2ccccc2O)on1. The Labute approximate surface area is 198 Å². The number of para-hydroxylation sites is 1. The lowest BCUT2D eigenvalue weighted by atomic mass is 10.1. The lowest BCUT2D eigenvalue weighted by Gasteiger charge is -2.32. The van der Waals surface area contributed by atoms with Gasteiger partial charge in [-0.1, -0.05) is 23.4 Å². The Bertz CT molecular complexity index is 1200. The van der Waals surface area contributed by atoms with Crippen molar-refractivity contribution in [3.8, 4) is 22.8 Å². The minimum Gasteiger partial charge on any atom is -0.507 e. The highest BCUT2D eigenvalue weighted by Gasteiger charge is 2.31. The summed E-state index contributed by atoms with van der Waals surface area (Å²) in [5, 5.41) is 16.1. The van der Waals surface area contributed by atoms with E-state index >= 15 is 0 Å². The van der Waals surface area contributed by atoms with Crippen molar-refractivity contribution in [3.63, 3.8) is 0 Å². The van der Waals surface area contributed by atoms with E-state index in [2.05, 4.69) is 10.5 Å². The summed E-state index contributed by atoms with van der Waals surface area (Å²) in [5.74, 6) is -0.590. The van der Waals surface area contributed by atoms with Gasteiger partial charge in [-0.05, 0) is 30.3 Å². The van der Waals surface area contributed by atoms with E-state index in [1.54, 1.807) is 23.1 Å². The Morgan fingerprint density at radius 2 is 1.86 bits per heavy atom. The summed E-state index contributed by atoms with van der Waals surface area (Å²) in [4.78, 5) is 26.4. The number of carbonyl (C=O) groups is 2. The molecule has 1 fully saturated rings. The zero-order valence-electron chi connectivity index (χ0n) is 18.4. The fourth-order valence-corrected chi connectivity index (χ4v) is 3.71. The number of benzene rings is 2. The molecule has 184 valence electrons. The van der Waals surface area contributed by atoms with Gasteiger partial charge in [0.05, 0.1) is 17.7 Å². The van der Waals surface area contributed by atoms with Gasteiger partial charge in [0.1, 0.15) is 17.6 Å². The molecule has 0 atom stereocenters. The van der Waals surface area contributed by atoms with Gasteiger partial charge in [0.2, 0.25) is 5.91 Å². The topological polar surface area (TPSA) is 105 Å². The Balaban J connectivity index is 1.25. The maximum absolute atomic E-state index is 12.9. The third kappa shape index (κ3) is 5.92. The van der Waals surface area contributed by atoms with Gasteiger partial charge in [0.15, 0.2) is 11.5 Å². The van der Waals surface area contributed by atoms with Crippen LogP contribution in [0.3, 0.4) is 0 Å². The second-order valence-electron chi connectivity index (χ2n) is 8.00. The molecular weight excluding hydrogens is 467 g/mol. The Hall–Kier alpha value is -4.02. The minimum atomic E-state index is -4.45. The third-order valence-corrected chi connectivity index (χ3v) is 5.57. The standard InChI is InChI=1S/C24H22F3N3O5/c25-24(26,27)15-4-3-5-17(12-15)34-16-8-10-30(11-9-16)22(32)14-28-23(33)19-13-21(35-29-19)18-6-1-2-7-20(18)31/h1-7,12-13,16,31H,8-11,14H2,(H,28,33). The van der Waals surface area contributed by atoms with Crippen molar-refractivity contribution < 1.29 is 37.1 Å². The summed E-state index contributed by atoms with van der Waals surface area (Å²) in [5.41, 5.74) is -0.437. The minimum absolute atomic E-state index is 0.0220. The van der Waals surface area contributed by atoms with Crippen LogP contribution in [0.25, 0.3) is 11.3 Å². The molecule has 2 heterocycles. The van der Waals surface area contributed by atoms with E-state index in [-0.39, 0.29) is 41.5 Å². The van der Waals surface area contributed by atoms with Gasteiger partial charge in [0, 0.05) is 32.0 Å². The van der Waals surface area contributed by atoms with Crippen LogP contribution in [-0.2, 0) is 11.0 Å². The number of phenols is 1. The number of phenolic OH excluding ortho intramolecular Hbond substituents is 1. The van der Waals surface area contributed by atoms with Crippen LogP contribution in [-0.4, -0.2) is 52.7 Å². The van der Waals surface area contributed by atoms with Crippen LogP contribution in [0.1, 0.15) is 28.9 Å². The van der Waals surface area contributed by atoms with Gasteiger partial charge in [0.25, 0.3) is 5.91 Å². The maximum Gasteiger partial charge on any atom is 0.416 e. The second-order valence-corrected chi connectivity index (χ2v) is 8.00. The van der Waals surface area contributed by atoms with E-state index in [1.165, 1.54) is 24.3 Å². The Morgan fingerprint density at radius 1 is 1.11 bits per heavy atom. The zero-order valence-corrected chi connectivity index (χ0v) is 18.4. The number of aromatic nitrogens is 1. The molecule has 11 heteroatoms. The van der Waals surface area contributed by atoms with E-state index < -0.39 is 17.6 Å². The fourth-order valence-electron chi connectivity index (χ4n) is 3.71. The average molecular weight is 489 g/mol. The number of hydrogen-bond donors (Lipinski definition) is 2. The lowest BCUT2D eigenvalue weighted by Crippen LogP contribution is -2.46. The van der Waals surface area contributed by atoms with E-state index in [1.807, 2.05) is 0 Å². The van der Waals surface area contributed by atoms with Gasteiger partial charge >= 0.3 is 6.18 Å². The molecule has 1 aromatic heterocycles. The number of nitrogens with one attached hydrogen (secondary N) is 1. The van der Waals surface area contributed by atoms with E-state index in [0.29, 0.717) is 31.5 Å². The number of halogens is 3. The molecule has 0 saturated carbocycles. The van der Waals surface area contributed by atoms with Crippen LogP contribution in [0, 0.1) is 0 Å². The summed E-state index contributed by atoms with van der Waals surface area (Å²) in [6, 6.07) is 12.5. The molecule has 8 nitrogen and oxygen atoms in total. The quantitative estimate of drug-likeness (QED) is 0.545. The van der Waals surface area contributed by atoms with Crippen molar-refractivity contribution in [2.45, 2.75) is 25.1 Å². The van der Waals surface area contributed by atoms with Crippen LogP contribution >= 0.6 is 0 Å². The van der Waals surface area contributed by atoms with E-state index in [4.69, 9.17) is 9.26 Å². The first-order valence-electron chi connectivity index (χ1n) is 10.9. The number of alkyl halides is 3. The normalized spacial score (nSPS) is 14.5. The molecule has 2 N–H and O–H groups in total. The molecule has 35 heavy (non-hydrogen) atoms. The van der Waals surface area contributed by atoms with E-state index in [9.17, 15) is 27.9 Å². The molecule has 1 aliphatic rings. The molecule has 0 aliphatic carbocycles. The van der Waals surface area contributed by atoms with Crippen molar-refractivity contribution in [1.29, 1.82) is 0 Å². The Kier molecular flexibility index (Phi) is 6.94. The number of piperidine rings is 1. The van der Waals surface area contributed by atoms with Crippen molar-refractivity contribution >= 4 is 11.8 Å². The molecule has 2 aromatic carbocycles. The number of carbonyl (C=O) groups excluding carboxylic acids is 2. The molecule has 0 radical (unpaired) electrons. The maximum atomic E-state index is 12.9. The fraction of sp³-hybridized carbons (Fsp3) is 0.292. The first kappa shape index (κ1) is 24.1. The van der Waals surface area contributed by atoms with Crippen molar-refractivity contribution in [1.82, 2.24) is 15.4 Å². The van der Waals surface area contributed by atoms with Gasteiger partial charge in [-0.2, -0.15) is 13.2 Å². The molecule has 0 unspecified atom stereocenters. The predicted octanol–water partition coefficient (Wildman–Crippen LogP) is 3.87. The third-order valence-electron chi connectivity index (χ3n) is 5.57. The van der Waals surface area contributed by atoms with Crippen molar-refractivity contribution in [3.05, 3.63) is 65.9 Å². The van der Waals surface area contributed by atoms with Crippen LogP contribution in [0.2, 0.25) is 0 Å². The number of hydrogen-bond acceptors (Lipinski definition) is 6. The lowest BCUT2D eigenvalue weighted by molar-refractivity contribution is -0.138. The molecule has 2 amide bonds. The molecular formula is C24H22F3N3O5. The summed E-state index contributed by atoms with van der Waals surface area (Å²) in [7, 11) is 0. The highest BCUT2D eigenvalue weighted by atomic mass is 19.4. The molecule has 1 aliphatic heterocycles. The van der Waals surface area contributed by atoms with Crippen LogP contribution in [0.4, 0.5) is 13.2 Å². The highest BCUT2D eigenvalue weighted by Crippen LogP contribution is 2.32. The number of ether oxygens (including phenoxy) is 1. The smallest absolute Gasteiger partial charge is 0.416 e.